The van der Waals surface area contributed by atoms with E-state index in [2.05, 4.69) is 14.9 Å². The number of nitrogens with zero attached hydrogens (tertiary/aromatic N) is 2. The van der Waals surface area contributed by atoms with Crippen LogP contribution < -0.4 is 14.9 Å². The number of nitrogens with one attached hydrogen (secondary N) is 2. The lowest BCUT2D eigenvalue weighted by Gasteiger charge is -2.34. The van der Waals surface area contributed by atoms with Crippen molar-refractivity contribution in [2.75, 3.05) is 55.2 Å². The summed E-state index contributed by atoms with van der Waals surface area (Å²) >= 11 is 0. The number of benzene rings is 2. The minimum absolute atomic E-state index is 0.00819. The van der Waals surface area contributed by atoms with Crippen molar-refractivity contribution < 1.29 is 36.6 Å². The fourth-order valence-corrected chi connectivity index (χ4v) is 6.71. The molecule has 2 aromatic rings. The predicted molar refractivity (Wildman–Crippen MR) is 162 cm³/mol. The van der Waals surface area contributed by atoms with Gasteiger partial charge in [0.15, 0.2) is 0 Å². The summed E-state index contributed by atoms with van der Waals surface area (Å²) in [6, 6.07) is 11.1. The number of rotatable bonds is 15. The SMILES string of the molecule is CCCCN(CC(=O)OCC)S(=O)(=O)c1ccc(N2CCC(NC[C@H](O)c3ccc(O)c(NS(C)(=O)=O)c3)CC2)cc1. The van der Waals surface area contributed by atoms with E-state index in [0.29, 0.717) is 12.0 Å². The molecule has 14 heteroatoms. The van der Waals surface area contributed by atoms with Crippen molar-refractivity contribution >= 4 is 37.4 Å². The molecular formula is C28H42N4O8S2. The Morgan fingerprint density at radius 2 is 1.76 bits per heavy atom. The Kier molecular flexibility index (Phi) is 12.0. The van der Waals surface area contributed by atoms with Gasteiger partial charge >= 0.3 is 5.97 Å². The predicted octanol–water partition coefficient (Wildman–Crippen LogP) is 2.41. The number of hydrogen-bond acceptors (Lipinski definition) is 10. The molecule has 1 aliphatic heterocycles. The average Bonchev–Trinajstić information content (AvgIpc) is 2.95. The molecule has 0 aromatic heterocycles. The van der Waals surface area contributed by atoms with Gasteiger partial charge in [-0.2, -0.15) is 4.31 Å². The number of phenols is 1. The van der Waals surface area contributed by atoms with Crippen LogP contribution in [0.3, 0.4) is 0 Å². The van der Waals surface area contributed by atoms with Crippen molar-refractivity contribution in [1.29, 1.82) is 0 Å². The van der Waals surface area contributed by atoms with Gasteiger partial charge in [0, 0.05) is 37.9 Å². The van der Waals surface area contributed by atoms with Crippen LogP contribution in [-0.2, 0) is 29.6 Å². The molecule has 1 saturated heterocycles. The van der Waals surface area contributed by atoms with E-state index < -0.39 is 32.1 Å². The Labute approximate surface area is 248 Å². The van der Waals surface area contributed by atoms with E-state index in [1.54, 1.807) is 37.3 Å². The van der Waals surface area contributed by atoms with E-state index in [4.69, 9.17) is 4.74 Å². The van der Waals surface area contributed by atoms with Crippen LogP contribution in [0.4, 0.5) is 11.4 Å². The zero-order valence-corrected chi connectivity index (χ0v) is 26.0. The molecule has 0 aliphatic carbocycles. The van der Waals surface area contributed by atoms with Crippen molar-refractivity contribution in [2.45, 2.75) is 56.6 Å². The number of aliphatic hydroxyl groups is 1. The van der Waals surface area contributed by atoms with Gasteiger partial charge in [-0.1, -0.05) is 19.4 Å². The summed E-state index contributed by atoms with van der Waals surface area (Å²) in [6.45, 7) is 5.45. The van der Waals surface area contributed by atoms with E-state index in [-0.39, 0.29) is 48.6 Å². The number of anilines is 2. The number of esters is 1. The largest absolute Gasteiger partial charge is 0.506 e. The van der Waals surface area contributed by atoms with Crippen LogP contribution in [0.25, 0.3) is 0 Å². The van der Waals surface area contributed by atoms with Crippen LogP contribution in [0.5, 0.6) is 5.75 Å². The third-order valence-electron chi connectivity index (χ3n) is 7.01. The van der Waals surface area contributed by atoms with Gasteiger partial charge < -0.3 is 25.2 Å². The highest BCUT2D eigenvalue weighted by Crippen LogP contribution is 2.28. The molecule has 2 aromatic carbocycles. The first-order chi connectivity index (χ1) is 19.8. The quantitative estimate of drug-likeness (QED) is 0.170. The highest BCUT2D eigenvalue weighted by Gasteiger charge is 2.27. The van der Waals surface area contributed by atoms with Gasteiger partial charge in [0.05, 0.1) is 29.5 Å². The fourth-order valence-electron chi connectivity index (χ4n) is 4.73. The molecule has 4 N–H and O–H groups in total. The highest BCUT2D eigenvalue weighted by atomic mass is 32.2. The maximum absolute atomic E-state index is 13.3. The van der Waals surface area contributed by atoms with E-state index in [1.807, 2.05) is 6.92 Å². The molecule has 1 atom stereocenters. The average molecular weight is 627 g/mol. The molecule has 0 saturated carbocycles. The highest BCUT2D eigenvalue weighted by molar-refractivity contribution is 7.92. The van der Waals surface area contributed by atoms with Crippen molar-refractivity contribution in [3.63, 3.8) is 0 Å². The van der Waals surface area contributed by atoms with Crippen molar-refractivity contribution in [3.8, 4) is 5.75 Å². The minimum atomic E-state index is -3.86. The molecule has 234 valence electrons. The first kappa shape index (κ1) is 33.6. The van der Waals surface area contributed by atoms with Crippen molar-refractivity contribution in [2.24, 2.45) is 0 Å². The number of piperidine rings is 1. The number of hydrogen-bond donors (Lipinski definition) is 4. The molecule has 42 heavy (non-hydrogen) atoms. The monoisotopic (exact) mass is 626 g/mol. The third-order valence-corrected chi connectivity index (χ3v) is 9.46. The minimum Gasteiger partial charge on any atom is -0.506 e. The lowest BCUT2D eigenvalue weighted by atomic mass is 10.0. The normalized spacial score (nSPS) is 15.5. The summed E-state index contributed by atoms with van der Waals surface area (Å²) in [5.41, 5.74) is 1.37. The number of sulfonamides is 2. The maximum Gasteiger partial charge on any atom is 0.321 e. The van der Waals surface area contributed by atoms with Crippen LogP contribution in [0.15, 0.2) is 47.4 Å². The lowest BCUT2D eigenvalue weighted by Crippen LogP contribution is -2.43. The summed E-state index contributed by atoms with van der Waals surface area (Å²) in [7, 11) is -7.45. The molecular weight excluding hydrogens is 584 g/mol. The number of phenolic OH excluding ortho intramolecular Hbond substituents is 1. The first-order valence-electron chi connectivity index (χ1n) is 14.1. The Bertz CT molecular complexity index is 1390. The number of aliphatic hydroxyl groups excluding tert-OH is 1. The van der Waals surface area contributed by atoms with Gasteiger partial charge in [-0.25, -0.2) is 16.8 Å². The van der Waals surface area contributed by atoms with E-state index in [1.165, 1.54) is 16.4 Å². The van der Waals surface area contributed by atoms with Crippen LogP contribution >= 0.6 is 0 Å². The van der Waals surface area contributed by atoms with Crippen LogP contribution in [-0.4, -0.2) is 89.0 Å². The Hall–Kier alpha value is -2.91. The third kappa shape index (κ3) is 9.56. The van der Waals surface area contributed by atoms with E-state index >= 15 is 0 Å². The summed E-state index contributed by atoms with van der Waals surface area (Å²) in [5, 5.41) is 23.9. The molecule has 0 radical (unpaired) electrons. The van der Waals surface area contributed by atoms with Crippen molar-refractivity contribution in [1.82, 2.24) is 9.62 Å². The van der Waals surface area contributed by atoms with Crippen LogP contribution in [0.2, 0.25) is 0 Å². The smallest absolute Gasteiger partial charge is 0.321 e. The topological polar surface area (TPSA) is 166 Å². The molecule has 1 heterocycles. The summed E-state index contributed by atoms with van der Waals surface area (Å²) in [4.78, 5) is 14.3. The summed E-state index contributed by atoms with van der Waals surface area (Å²) in [6.07, 6.45) is 3.10. The zero-order valence-electron chi connectivity index (χ0n) is 24.3. The molecule has 0 amide bonds. The number of unbranched alkanes of at least 4 members (excludes halogenated alkanes) is 1. The molecule has 0 unspecified atom stereocenters. The molecule has 1 aliphatic rings. The van der Waals surface area contributed by atoms with Gasteiger partial charge in [-0.3, -0.25) is 9.52 Å². The summed E-state index contributed by atoms with van der Waals surface area (Å²) < 4.78 is 58.0. The molecule has 12 nitrogen and oxygen atoms in total. The van der Waals surface area contributed by atoms with Gasteiger partial charge in [-0.05, 0) is 68.1 Å². The summed E-state index contributed by atoms with van der Waals surface area (Å²) in [5.74, 6) is -0.803. The Balaban J connectivity index is 1.55. The van der Waals surface area contributed by atoms with Gasteiger partial charge in [0.25, 0.3) is 0 Å². The number of carbonyl (C=O) groups is 1. The fraction of sp³-hybridized carbons (Fsp3) is 0.536. The van der Waals surface area contributed by atoms with Gasteiger partial charge in [0.2, 0.25) is 20.0 Å². The molecule has 1 fully saturated rings. The van der Waals surface area contributed by atoms with Crippen LogP contribution in [0.1, 0.15) is 51.2 Å². The number of ether oxygens (including phenoxy) is 1. The Morgan fingerprint density at radius 3 is 2.36 bits per heavy atom. The first-order valence-corrected chi connectivity index (χ1v) is 17.4. The van der Waals surface area contributed by atoms with E-state index in [0.717, 1.165) is 44.3 Å². The zero-order chi connectivity index (χ0) is 30.9. The second kappa shape index (κ2) is 15.0. The van der Waals surface area contributed by atoms with Crippen LogP contribution in [0, 0.1) is 0 Å². The second-order valence-electron chi connectivity index (χ2n) is 10.3. The molecule has 0 bridgehead atoms. The Morgan fingerprint density at radius 1 is 1.10 bits per heavy atom. The standard InChI is InChI=1S/C28H42N4O8S2/c1-4-6-15-32(20-28(35)40-5-2)42(38,39)24-10-8-23(9-11-24)31-16-13-22(14-17-31)29-19-27(34)21-7-12-26(33)25(18-21)30-41(3,36)37/h7-12,18,22,27,29-30,33-34H,4-6,13-17,19-20H2,1-3H3/t27-/m0/s1. The van der Waals surface area contributed by atoms with Gasteiger partial charge in [-0.15, -0.1) is 0 Å². The van der Waals surface area contributed by atoms with E-state index in [9.17, 15) is 31.8 Å². The second-order valence-corrected chi connectivity index (χ2v) is 14.0. The maximum atomic E-state index is 13.3. The van der Waals surface area contributed by atoms with Gasteiger partial charge in [0.1, 0.15) is 12.3 Å². The molecule has 3 rings (SSSR count). The lowest BCUT2D eigenvalue weighted by molar-refractivity contribution is -0.143. The number of carbonyl (C=O) groups excluding carboxylic acids is 1. The molecule has 0 spiro atoms. The number of aromatic hydroxyl groups is 1. The van der Waals surface area contributed by atoms with Crippen molar-refractivity contribution in [3.05, 3.63) is 48.0 Å².